The van der Waals surface area contributed by atoms with Gasteiger partial charge in [-0.2, -0.15) is 14.8 Å². The summed E-state index contributed by atoms with van der Waals surface area (Å²) in [4.78, 5) is 33.8. The summed E-state index contributed by atoms with van der Waals surface area (Å²) < 4.78 is 12.3. The number of hydrogen-bond donors (Lipinski definition) is 2. The number of anilines is 3. The Morgan fingerprint density at radius 1 is 1.14 bits per heavy atom. The van der Waals surface area contributed by atoms with Crippen molar-refractivity contribution in [2.24, 2.45) is 0 Å². The second-order valence-corrected chi connectivity index (χ2v) is 9.73. The Kier molecular flexibility index (Phi) is 7.13. The van der Waals surface area contributed by atoms with Crippen LogP contribution in [0.25, 0.3) is 0 Å². The van der Waals surface area contributed by atoms with Crippen molar-refractivity contribution in [1.29, 1.82) is 0 Å². The minimum Gasteiger partial charge on any atom is -0.474 e. The maximum Gasteiger partial charge on any atom is 0.435 e. The molecule has 1 amide bonds. The van der Waals surface area contributed by atoms with Crippen molar-refractivity contribution in [1.82, 2.24) is 19.7 Å². The largest absolute Gasteiger partial charge is 0.474 e. The molecule has 35 heavy (non-hydrogen) atoms. The van der Waals surface area contributed by atoms with E-state index in [9.17, 15) is 9.59 Å². The summed E-state index contributed by atoms with van der Waals surface area (Å²) in [5.74, 6) is -0.235. The molecule has 1 aliphatic carbocycles. The Morgan fingerprint density at radius 3 is 2.49 bits per heavy atom. The normalized spacial score (nSPS) is 13.6. The fourth-order valence-electron chi connectivity index (χ4n) is 3.04. The van der Waals surface area contributed by atoms with E-state index in [2.05, 4.69) is 25.7 Å². The van der Waals surface area contributed by atoms with Crippen LogP contribution < -0.4 is 15.4 Å². The maximum atomic E-state index is 13.0. The molecule has 0 saturated heterocycles. The Balaban J connectivity index is 1.54. The van der Waals surface area contributed by atoms with Gasteiger partial charge in [-0.1, -0.05) is 29.3 Å². The number of aromatic nitrogens is 4. The summed E-state index contributed by atoms with van der Waals surface area (Å²) in [6, 6.07) is 4.92. The third-order valence-electron chi connectivity index (χ3n) is 4.95. The third-order valence-corrected chi connectivity index (χ3v) is 5.58. The van der Waals surface area contributed by atoms with Crippen molar-refractivity contribution in [3.63, 3.8) is 0 Å². The zero-order valence-electron chi connectivity index (χ0n) is 19.3. The van der Waals surface area contributed by atoms with E-state index in [0.29, 0.717) is 15.7 Å². The maximum absolute atomic E-state index is 13.0. The highest BCUT2D eigenvalue weighted by Crippen LogP contribution is 2.32. The molecule has 184 valence electrons. The van der Waals surface area contributed by atoms with Gasteiger partial charge in [-0.05, 0) is 52.2 Å². The van der Waals surface area contributed by atoms with E-state index in [0.717, 1.165) is 23.9 Å². The first kappa shape index (κ1) is 24.7. The first-order valence-electron chi connectivity index (χ1n) is 10.9. The molecule has 0 aliphatic heterocycles. The molecule has 10 nitrogen and oxygen atoms in total. The molecule has 4 rings (SSSR count). The second kappa shape index (κ2) is 10.1. The number of hydrogen-bond acceptors (Lipinski definition) is 8. The highest BCUT2D eigenvalue weighted by atomic mass is 35.5. The number of amides is 1. The van der Waals surface area contributed by atoms with Crippen LogP contribution in [0.2, 0.25) is 10.0 Å². The zero-order valence-corrected chi connectivity index (χ0v) is 20.9. The van der Waals surface area contributed by atoms with Gasteiger partial charge in [0.05, 0.1) is 33.8 Å². The molecule has 1 fully saturated rings. The lowest BCUT2D eigenvalue weighted by Gasteiger charge is -2.26. The Labute approximate surface area is 211 Å². The van der Waals surface area contributed by atoms with Gasteiger partial charge in [-0.3, -0.25) is 4.79 Å². The molecule has 1 aliphatic rings. The van der Waals surface area contributed by atoms with Gasteiger partial charge < -0.3 is 20.1 Å². The van der Waals surface area contributed by atoms with E-state index in [1.807, 2.05) is 0 Å². The summed E-state index contributed by atoms with van der Waals surface area (Å²) >= 11 is 12.4. The Morgan fingerprint density at radius 2 is 1.86 bits per heavy atom. The molecule has 3 aromatic rings. The predicted octanol–water partition coefficient (Wildman–Crippen LogP) is 5.69. The van der Waals surface area contributed by atoms with Crippen molar-refractivity contribution in [3.05, 3.63) is 52.4 Å². The molecule has 0 spiro atoms. The Hall–Kier alpha value is -3.37. The molecule has 0 radical (unpaired) electrons. The number of benzene rings is 1. The fourth-order valence-corrected chi connectivity index (χ4v) is 3.53. The molecule has 12 heteroatoms. The van der Waals surface area contributed by atoms with Crippen LogP contribution in [0, 0.1) is 0 Å². The van der Waals surface area contributed by atoms with Crippen LogP contribution in [0.15, 0.2) is 36.8 Å². The molecule has 2 heterocycles. The van der Waals surface area contributed by atoms with Crippen LogP contribution in [0.4, 0.5) is 22.1 Å². The minimum absolute atomic E-state index is 0.0388. The van der Waals surface area contributed by atoms with Gasteiger partial charge in [0, 0.05) is 6.20 Å². The zero-order chi connectivity index (χ0) is 25.2. The van der Waals surface area contributed by atoms with E-state index in [-0.39, 0.29) is 29.2 Å². The van der Waals surface area contributed by atoms with Crippen molar-refractivity contribution in [2.75, 3.05) is 10.6 Å². The van der Waals surface area contributed by atoms with Gasteiger partial charge in [0.1, 0.15) is 17.3 Å². The topological polar surface area (TPSA) is 120 Å². The lowest BCUT2D eigenvalue weighted by atomic mass is 9.96. The van der Waals surface area contributed by atoms with Crippen molar-refractivity contribution in [2.45, 2.75) is 51.7 Å². The molecule has 1 aromatic carbocycles. The number of ether oxygens (including phenoxy) is 2. The smallest absolute Gasteiger partial charge is 0.435 e. The van der Waals surface area contributed by atoms with Crippen LogP contribution in [0.1, 0.15) is 50.4 Å². The quantitative estimate of drug-likeness (QED) is 0.426. The summed E-state index contributed by atoms with van der Waals surface area (Å²) in [7, 11) is 0. The van der Waals surface area contributed by atoms with Crippen LogP contribution in [-0.4, -0.2) is 43.5 Å². The molecule has 2 N–H and O–H groups in total. The van der Waals surface area contributed by atoms with Gasteiger partial charge in [-0.15, -0.1) is 0 Å². The number of carbonyl (C=O) groups is 2. The average Bonchev–Trinajstić information content (AvgIpc) is 3.21. The monoisotopic (exact) mass is 518 g/mol. The molecular weight excluding hydrogens is 495 g/mol. The van der Waals surface area contributed by atoms with Gasteiger partial charge in [-0.25, -0.2) is 9.78 Å². The SMILES string of the molecule is CC(C)(C)OC(=O)n1cc(Nc2ncc(C(=O)Nc3c(Cl)cccc3Cl)c(OC3CCC3)n2)cn1. The standard InChI is InChI=1S/C23H24Cl2N6O4/c1-23(2,3)35-22(33)31-12-13(10-27-31)28-21-26-11-15(20(30-21)34-14-6-4-7-14)19(32)29-18-16(24)8-5-9-17(18)25/h5,8-12,14H,4,6-7H2,1-3H3,(H,29,32)(H,26,28,30). The Bertz CT molecular complexity index is 1230. The molecule has 2 aromatic heterocycles. The first-order chi connectivity index (χ1) is 16.6. The second-order valence-electron chi connectivity index (χ2n) is 8.91. The van der Waals surface area contributed by atoms with Crippen molar-refractivity contribution in [3.8, 4) is 5.88 Å². The van der Waals surface area contributed by atoms with Crippen molar-refractivity contribution < 1.29 is 19.1 Å². The van der Waals surface area contributed by atoms with Crippen LogP contribution >= 0.6 is 23.2 Å². The van der Waals surface area contributed by atoms with E-state index in [1.54, 1.807) is 39.0 Å². The van der Waals surface area contributed by atoms with Crippen LogP contribution in [0.3, 0.4) is 0 Å². The van der Waals surface area contributed by atoms with Crippen LogP contribution in [0.5, 0.6) is 5.88 Å². The molecule has 0 bridgehead atoms. The van der Waals surface area contributed by atoms with E-state index >= 15 is 0 Å². The summed E-state index contributed by atoms with van der Waals surface area (Å²) in [5.41, 5.74) is 0.207. The third kappa shape index (κ3) is 6.20. The summed E-state index contributed by atoms with van der Waals surface area (Å²) in [6.45, 7) is 5.30. The molecule has 0 atom stereocenters. The minimum atomic E-state index is -0.655. The molecular formula is C23H24Cl2N6O4. The number of rotatable bonds is 6. The van der Waals surface area contributed by atoms with Gasteiger partial charge in [0.15, 0.2) is 0 Å². The number of nitrogens with one attached hydrogen (secondary N) is 2. The average molecular weight is 519 g/mol. The van der Waals surface area contributed by atoms with Gasteiger partial charge in [0.2, 0.25) is 11.8 Å². The lowest BCUT2D eigenvalue weighted by molar-refractivity contribution is 0.0514. The van der Waals surface area contributed by atoms with E-state index in [1.165, 1.54) is 18.6 Å². The van der Waals surface area contributed by atoms with Crippen molar-refractivity contribution >= 4 is 52.5 Å². The number of para-hydroxylation sites is 1. The number of carbonyl (C=O) groups excluding carboxylic acids is 2. The van der Waals surface area contributed by atoms with Gasteiger partial charge in [0.25, 0.3) is 5.91 Å². The summed E-state index contributed by atoms with van der Waals surface area (Å²) in [5, 5.41) is 10.3. The van der Waals surface area contributed by atoms with E-state index in [4.69, 9.17) is 32.7 Å². The van der Waals surface area contributed by atoms with E-state index < -0.39 is 17.6 Å². The molecule has 1 saturated carbocycles. The highest BCUT2D eigenvalue weighted by Gasteiger charge is 2.25. The predicted molar refractivity (Wildman–Crippen MR) is 132 cm³/mol. The number of nitrogens with zero attached hydrogens (tertiary/aromatic N) is 4. The van der Waals surface area contributed by atoms with Crippen LogP contribution in [-0.2, 0) is 4.74 Å². The molecule has 0 unspecified atom stereocenters. The lowest BCUT2D eigenvalue weighted by Crippen LogP contribution is -2.27. The first-order valence-corrected chi connectivity index (χ1v) is 11.7. The fraction of sp³-hybridized carbons (Fsp3) is 0.348. The highest BCUT2D eigenvalue weighted by molar-refractivity contribution is 6.40. The number of halogens is 2. The van der Waals surface area contributed by atoms with Gasteiger partial charge >= 0.3 is 6.09 Å². The summed E-state index contributed by atoms with van der Waals surface area (Å²) in [6.07, 6.45) is 6.35.